The lowest BCUT2D eigenvalue weighted by molar-refractivity contribution is -0.145. The van der Waals surface area contributed by atoms with Crippen LogP contribution >= 0.6 is 0 Å². The molecule has 1 fully saturated rings. The van der Waals surface area contributed by atoms with Crippen LogP contribution in [0.1, 0.15) is 58.8 Å². The van der Waals surface area contributed by atoms with E-state index in [1.165, 1.54) is 26.4 Å². The summed E-state index contributed by atoms with van der Waals surface area (Å²) in [5, 5.41) is 3.13. The number of methoxy groups -OCH3 is 1. The minimum absolute atomic E-state index is 0.0360. The summed E-state index contributed by atoms with van der Waals surface area (Å²) in [7, 11) is 1.39. The minimum Gasteiger partial charge on any atom is -0.469 e. The fraction of sp³-hybridized carbons (Fsp3) is 0.875. The molecule has 0 radical (unpaired) electrons. The van der Waals surface area contributed by atoms with Crippen LogP contribution in [0.15, 0.2) is 0 Å². The fourth-order valence-electron chi connectivity index (χ4n) is 2.74. The highest BCUT2D eigenvalue weighted by molar-refractivity contribution is 5.76. The maximum Gasteiger partial charge on any atom is 0.317 e. The summed E-state index contributed by atoms with van der Waals surface area (Å²) in [5.41, 5.74) is 0. The van der Waals surface area contributed by atoms with Gasteiger partial charge in [0.25, 0.3) is 0 Å². The Bertz CT molecular complexity index is 327. The number of amides is 2. The second kappa shape index (κ2) is 9.64. The number of hydrogen-bond acceptors (Lipinski definition) is 3. The predicted molar refractivity (Wildman–Crippen MR) is 83.1 cm³/mol. The van der Waals surface area contributed by atoms with Gasteiger partial charge in [-0.3, -0.25) is 4.79 Å². The zero-order valence-corrected chi connectivity index (χ0v) is 13.7. The highest BCUT2D eigenvalue weighted by atomic mass is 16.5. The molecule has 0 spiro atoms. The molecule has 1 rings (SSSR count). The van der Waals surface area contributed by atoms with E-state index in [2.05, 4.69) is 12.2 Å². The Balaban J connectivity index is 2.53. The summed E-state index contributed by atoms with van der Waals surface area (Å²) in [6.07, 6.45) is 7.77. The third-order valence-corrected chi connectivity index (χ3v) is 4.10. The highest BCUT2D eigenvalue weighted by Crippen LogP contribution is 2.17. The van der Waals surface area contributed by atoms with Crippen molar-refractivity contribution in [2.24, 2.45) is 5.92 Å². The zero-order chi connectivity index (χ0) is 15.7. The molecule has 5 heteroatoms. The number of unbranched alkanes of at least 4 members (excludes halogenated alkanes) is 1. The Morgan fingerprint density at radius 2 is 1.95 bits per heavy atom. The van der Waals surface area contributed by atoms with E-state index >= 15 is 0 Å². The number of carbonyl (C=O) groups excluding carboxylic acids is 2. The lowest BCUT2D eigenvalue weighted by Gasteiger charge is -2.29. The maximum absolute atomic E-state index is 12.4. The molecule has 1 aliphatic carbocycles. The van der Waals surface area contributed by atoms with Gasteiger partial charge in [0.15, 0.2) is 0 Å². The van der Waals surface area contributed by atoms with Crippen LogP contribution < -0.4 is 5.32 Å². The largest absolute Gasteiger partial charge is 0.469 e. The SMILES string of the molecule is CCCCN(CC(C)C(=O)OC)C(=O)NC1CCCCC1. The number of nitrogens with one attached hydrogen (secondary N) is 1. The molecule has 0 heterocycles. The van der Waals surface area contributed by atoms with E-state index in [0.717, 1.165) is 25.7 Å². The molecular formula is C16H30N2O3. The molecule has 1 unspecified atom stereocenters. The summed E-state index contributed by atoms with van der Waals surface area (Å²) in [6.45, 7) is 5.02. The van der Waals surface area contributed by atoms with Gasteiger partial charge in [0.1, 0.15) is 0 Å². The Labute approximate surface area is 128 Å². The lowest BCUT2D eigenvalue weighted by Crippen LogP contribution is -2.48. The molecule has 1 aliphatic rings. The van der Waals surface area contributed by atoms with Gasteiger partial charge in [-0.2, -0.15) is 0 Å². The van der Waals surface area contributed by atoms with Gasteiger partial charge in [0.05, 0.1) is 13.0 Å². The molecule has 0 bridgehead atoms. The smallest absolute Gasteiger partial charge is 0.317 e. The number of ether oxygens (including phenoxy) is 1. The second-order valence-electron chi connectivity index (χ2n) is 6.01. The summed E-state index contributed by atoms with van der Waals surface area (Å²) >= 11 is 0. The van der Waals surface area contributed by atoms with Gasteiger partial charge in [-0.1, -0.05) is 39.5 Å². The maximum atomic E-state index is 12.4. The van der Waals surface area contributed by atoms with Gasteiger partial charge >= 0.3 is 12.0 Å². The van der Waals surface area contributed by atoms with Crippen molar-refractivity contribution in [3.8, 4) is 0 Å². The van der Waals surface area contributed by atoms with Crippen molar-refractivity contribution >= 4 is 12.0 Å². The fourth-order valence-corrected chi connectivity index (χ4v) is 2.74. The van der Waals surface area contributed by atoms with E-state index in [4.69, 9.17) is 4.74 Å². The van der Waals surface area contributed by atoms with Gasteiger partial charge in [-0.25, -0.2) is 4.79 Å². The Hall–Kier alpha value is -1.26. The predicted octanol–water partition coefficient (Wildman–Crippen LogP) is 2.94. The van der Waals surface area contributed by atoms with E-state index in [1.54, 1.807) is 11.8 Å². The lowest BCUT2D eigenvalue weighted by atomic mass is 9.96. The first-order valence-electron chi connectivity index (χ1n) is 8.21. The monoisotopic (exact) mass is 298 g/mol. The normalized spacial score (nSPS) is 17.1. The van der Waals surface area contributed by atoms with Gasteiger partial charge in [-0.15, -0.1) is 0 Å². The van der Waals surface area contributed by atoms with Crippen molar-refractivity contribution in [2.45, 2.75) is 64.8 Å². The van der Waals surface area contributed by atoms with Crippen LogP contribution in [0.2, 0.25) is 0 Å². The Kier molecular flexibility index (Phi) is 8.16. The average Bonchev–Trinajstić information content (AvgIpc) is 2.51. The first kappa shape index (κ1) is 17.8. The van der Waals surface area contributed by atoms with E-state index < -0.39 is 0 Å². The summed E-state index contributed by atoms with van der Waals surface area (Å²) in [6, 6.07) is 0.259. The van der Waals surface area contributed by atoms with Crippen molar-refractivity contribution in [2.75, 3.05) is 20.2 Å². The number of carbonyl (C=O) groups is 2. The molecule has 5 nitrogen and oxygen atoms in total. The summed E-state index contributed by atoms with van der Waals surface area (Å²) in [5.74, 6) is -0.550. The van der Waals surface area contributed by atoms with Crippen molar-refractivity contribution in [3.05, 3.63) is 0 Å². The Morgan fingerprint density at radius 3 is 2.52 bits per heavy atom. The molecule has 0 aromatic carbocycles. The van der Waals surface area contributed by atoms with Gasteiger partial charge in [0.2, 0.25) is 0 Å². The molecule has 0 aromatic heterocycles. The second-order valence-corrected chi connectivity index (χ2v) is 6.01. The quantitative estimate of drug-likeness (QED) is 0.735. The van der Waals surface area contributed by atoms with Gasteiger partial charge < -0.3 is 15.0 Å². The molecule has 2 amide bonds. The van der Waals surface area contributed by atoms with E-state index in [-0.39, 0.29) is 17.9 Å². The molecule has 0 saturated heterocycles. The van der Waals surface area contributed by atoms with Gasteiger partial charge in [-0.05, 0) is 19.3 Å². The van der Waals surface area contributed by atoms with Crippen molar-refractivity contribution in [1.82, 2.24) is 10.2 Å². The first-order chi connectivity index (χ1) is 10.1. The standard InChI is InChI=1S/C16H30N2O3/c1-4-5-11-18(12-13(2)15(19)21-3)16(20)17-14-9-7-6-8-10-14/h13-14H,4-12H2,1-3H3,(H,17,20). The summed E-state index contributed by atoms with van der Waals surface area (Å²) < 4.78 is 4.75. The topological polar surface area (TPSA) is 58.6 Å². The van der Waals surface area contributed by atoms with Crippen molar-refractivity contribution in [3.63, 3.8) is 0 Å². The number of rotatable bonds is 7. The molecule has 0 aromatic rings. The van der Waals surface area contributed by atoms with Crippen LogP contribution in [0.3, 0.4) is 0 Å². The van der Waals surface area contributed by atoms with Crippen molar-refractivity contribution < 1.29 is 14.3 Å². The van der Waals surface area contributed by atoms with E-state index in [9.17, 15) is 9.59 Å². The molecule has 0 aliphatic heterocycles. The first-order valence-corrected chi connectivity index (χ1v) is 8.21. The molecule has 1 saturated carbocycles. The summed E-state index contributed by atoms with van der Waals surface area (Å²) in [4.78, 5) is 25.7. The Morgan fingerprint density at radius 1 is 1.29 bits per heavy atom. The van der Waals surface area contributed by atoms with Crippen molar-refractivity contribution in [1.29, 1.82) is 0 Å². The van der Waals surface area contributed by atoms with Crippen LogP contribution in [-0.2, 0) is 9.53 Å². The number of esters is 1. The third-order valence-electron chi connectivity index (χ3n) is 4.10. The molecule has 21 heavy (non-hydrogen) atoms. The van der Waals surface area contributed by atoms with E-state index in [0.29, 0.717) is 19.1 Å². The molecule has 1 atom stereocenters. The van der Waals surface area contributed by atoms with Gasteiger partial charge in [0, 0.05) is 19.1 Å². The molecular weight excluding hydrogens is 268 g/mol. The minimum atomic E-state index is -0.288. The van der Waals surface area contributed by atoms with Crippen LogP contribution in [0.5, 0.6) is 0 Å². The number of urea groups is 1. The van der Waals surface area contributed by atoms with Crippen LogP contribution in [0.4, 0.5) is 4.79 Å². The molecule has 1 N–H and O–H groups in total. The molecule has 122 valence electrons. The highest BCUT2D eigenvalue weighted by Gasteiger charge is 2.23. The third kappa shape index (κ3) is 6.36. The number of nitrogens with zero attached hydrogens (tertiary/aromatic N) is 1. The van der Waals surface area contributed by atoms with Crippen LogP contribution in [0, 0.1) is 5.92 Å². The zero-order valence-electron chi connectivity index (χ0n) is 13.7. The average molecular weight is 298 g/mol. The van der Waals surface area contributed by atoms with Crippen LogP contribution in [-0.4, -0.2) is 43.1 Å². The number of hydrogen-bond donors (Lipinski definition) is 1. The van der Waals surface area contributed by atoms with E-state index in [1.807, 2.05) is 0 Å². The van der Waals surface area contributed by atoms with Crippen LogP contribution in [0.25, 0.3) is 0 Å².